The van der Waals surface area contributed by atoms with E-state index < -0.39 is 94.5 Å². The van der Waals surface area contributed by atoms with Gasteiger partial charge in [-0.3, -0.25) is 0 Å². The zero-order valence-corrected chi connectivity index (χ0v) is 50.3. The minimum atomic E-state index is -5.97. The van der Waals surface area contributed by atoms with E-state index in [0.717, 1.165) is 0 Å². The van der Waals surface area contributed by atoms with Crippen LogP contribution in [0, 0.1) is 0 Å². The molecule has 77 heavy (non-hydrogen) atoms. The topological polar surface area (TPSA) is 210 Å². The third-order valence-corrected chi connectivity index (χ3v) is 51.3. The van der Waals surface area contributed by atoms with Gasteiger partial charge in [0.05, 0.1) is 6.23 Å². The highest BCUT2D eigenvalue weighted by atomic mass is 28.6. The molecule has 8 bridgehead atoms. The van der Waals surface area contributed by atoms with E-state index >= 15 is 0 Å². The van der Waals surface area contributed by atoms with E-state index in [1.165, 1.54) is 0 Å². The van der Waals surface area contributed by atoms with Crippen molar-refractivity contribution in [3.8, 4) is 0 Å². The lowest BCUT2D eigenvalue weighted by Gasteiger charge is -2.56. The molecule has 8 atom stereocenters. The van der Waals surface area contributed by atoms with Crippen LogP contribution >= 0.6 is 0 Å². The minimum absolute atomic E-state index is 0.154. The first kappa shape index (κ1) is 51.6. The third kappa shape index (κ3) is 9.23. The van der Waals surface area contributed by atoms with Gasteiger partial charge < -0.3 is 77.1 Å². The molecule has 5 aliphatic heterocycles. The SMILES string of the molecule is O[Si]1(O)O[Si]2(c3ccccc3)OC[Si]3(c4ccccc4)O[Si]4(c5ccccc5)O[Si](O)(O)O[Si]5(c6ccccc6)O[Si](c6ccccc6)(O3)O[Si](c3ccccc3)(O1)O[Si](c1ccccc1)(O5)O[Si](c1ccccc1)(O2)O4. The fourth-order valence-electron chi connectivity index (χ4n) is 9.79. The number of fused-ring (bicyclic) bond motifs is 6. The third-order valence-electron chi connectivity index (χ3n) is 13.1. The average Bonchev–Trinajstić information content (AvgIpc) is 3.50. The highest BCUT2D eigenvalue weighted by Gasteiger charge is 2.83. The highest BCUT2D eigenvalue weighted by Crippen LogP contribution is 2.44. The van der Waals surface area contributed by atoms with Crippen molar-refractivity contribution in [2.75, 3.05) is 6.23 Å². The van der Waals surface area contributed by atoms with Gasteiger partial charge in [0, 0.05) is 36.3 Å². The summed E-state index contributed by atoms with van der Waals surface area (Å²) in [5.74, 6) is 0. The van der Waals surface area contributed by atoms with Crippen LogP contribution in [-0.2, 0) is 57.9 Å². The Morgan fingerprint density at radius 2 is 0.390 bits per heavy atom. The maximum Gasteiger partial charge on any atom is 0.659 e. The lowest BCUT2D eigenvalue weighted by Crippen LogP contribution is -2.90. The molecule has 0 spiro atoms. The standard InChI is InChI=1S/C49H46O18Si10/c50-76(51)64-69(43-27-11-2-12-28-43)54-41-68(42-25-9-1-10-26-42)55-70(44-29-13-3-14-30-44)58-74(66-76,48-37-21-7-22-38-48)62-73(47-35-19-6-20-36-47)61-72(57-69,46-33-17-5-18-34-46)60-71(56-68,45-31-15-4-16-32-45)65-77(52,53)67-75(59-70,63-73)49-39-23-8-24-40-49/h1-40,50-53H,41H2. The van der Waals surface area contributed by atoms with Crippen LogP contribution in [0.3, 0.4) is 0 Å². The molecule has 18 nitrogen and oxygen atoms in total. The Labute approximate surface area is 453 Å². The van der Waals surface area contributed by atoms with Crippen molar-refractivity contribution in [2.45, 2.75) is 0 Å². The number of hydrogen-bond donors (Lipinski definition) is 4. The van der Waals surface area contributed by atoms with Crippen molar-refractivity contribution in [3.05, 3.63) is 243 Å². The Morgan fingerprint density at radius 3 is 0.662 bits per heavy atom. The second-order valence-electron chi connectivity index (χ2n) is 18.3. The monoisotopic (exact) mass is 1200 g/mol. The Hall–Kier alpha value is -4.79. The summed E-state index contributed by atoms with van der Waals surface area (Å²) in [5, 5.41) is 1.70. The molecule has 8 unspecified atom stereocenters. The van der Waals surface area contributed by atoms with E-state index in [-0.39, 0.29) is 36.3 Å². The molecular weight excluding hydrogens is 1160 g/mol. The predicted molar refractivity (Wildman–Crippen MR) is 295 cm³/mol. The van der Waals surface area contributed by atoms with E-state index in [9.17, 15) is 19.2 Å². The lowest BCUT2D eigenvalue weighted by molar-refractivity contribution is 0.0118. The van der Waals surface area contributed by atoms with E-state index in [4.69, 9.17) is 57.9 Å². The molecular formula is C49H46O18Si10. The quantitative estimate of drug-likeness (QED) is 0.147. The second-order valence-corrected chi connectivity index (χ2v) is 45.6. The van der Waals surface area contributed by atoms with Crippen LogP contribution in [0.4, 0.5) is 0 Å². The molecule has 0 aromatic heterocycles. The second kappa shape index (κ2) is 19.5. The Balaban J connectivity index is 1.31. The normalized spacial score (nSPS) is 33.3. The summed E-state index contributed by atoms with van der Waals surface area (Å²) in [5.41, 5.74) is 0. The van der Waals surface area contributed by atoms with E-state index in [1.807, 2.05) is 6.07 Å². The van der Waals surface area contributed by atoms with Crippen LogP contribution in [0.2, 0.25) is 0 Å². The number of benzene rings is 8. The van der Waals surface area contributed by atoms with Crippen LogP contribution in [-0.4, -0.2) is 114 Å². The molecule has 5 fully saturated rings. The van der Waals surface area contributed by atoms with Crippen LogP contribution < -0.4 is 41.5 Å². The van der Waals surface area contributed by atoms with Crippen molar-refractivity contribution < 1.29 is 77.1 Å². The van der Waals surface area contributed by atoms with Crippen molar-refractivity contribution >= 4 is 130 Å². The van der Waals surface area contributed by atoms with Gasteiger partial charge in [-0.2, -0.15) is 0 Å². The summed E-state index contributed by atoms with van der Waals surface area (Å²) in [6.45, 7) is 0. The van der Waals surface area contributed by atoms with Crippen molar-refractivity contribution in [3.63, 3.8) is 0 Å². The largest absolute Gasteiger partial charge is 0.659 e. The molecule has 5 aliphatic rings. The van der Waals surface area contributed by atoms with Gasteiger partial charge in [-0.1, -0.05) is 243 Å². The minimum Gasteiger partial charge on any atom is -0.386 e. The van der Waals surface area contributed by atoms with Crippen LogP contribution in [0.1, 0.15) is 0 Å². The molecule has 0 aliphatic carbocycles. The van der Waals surface area contributed by atoms with Crippen molar-refractivity contribution in [1.82, 2.24) is 0 Å². The predicted octanol–water partition coefficient (Wildman–Crippen LogP) is -0.0615. The summed E-state index contributed by atoms with van der Waals surface area (Å²) < 4.78 is 107. The van der Waals surface area contributed by atoms with Gasteiger partial charge >= 0.3 is 88.3 Å². The lowest BCUT2D eigenvalue weighted by atomic mass is 10.4. The van der Waals surface area contributed by atoms with Crippen LogP contribution in [0.5, 0.6) is 0 Å². The zero-order valence-electron chi connectivity index (χ0n) is 40.3. The molecule has 5 heterocycles. The molecule has 4 N–H and O–H groups in total. The highest BCUT2D eigenvalue weighted by molar-refractivity contribution is 7.10. The smallest absolute Gasteiger partial charge is 0.386 e. The Kier molecular flexibility index (Phi) is 13.1. The van der Waals surface area contributed by atoms with Gasteiger partial charge in [-0.25, -0.2) is 0 Å². The molecule has 390 valence electrons. The molecule has 8 aromatic rings. The van der Waals surface area contributed by atoms with Gasteiger partial charge in [0.1, 0.15) is 0 Å². The van der Waals surface area contributed by atoms with Crippen molar-refractivity contribution in [2.24, 2.45) is 0 Å². The van der Waals surface area contributed by atoms with Gasteiger partial charge in [0.25, 0.3) is 0 Å². The van der Waals surface area contributed by atoms with Gasteiger partial charge in [-0.05, 0) is 5.19 Å². The first-order chi connectivity index (χ1) is 37.2. The van der Waals surface area contributed by atoms with Crippen LogP contribution in [0.25, 0.3) is 0 Å². The Morgan fingerprint density at radius 1 is 0.208 bits per heavy atom. The first-order valence-electron chi connectivity index (χ1n) is 24.3. The zero-order chi connectivity index (χ0) is 52.5. The molecule has 5 saturated heterocycles. The van der Waals surface area contributed by atoms with Gasteiger partial charge in [0.15, 0.2) is 0 Å². The molecule has 13 rings (SSSR count). The fourth-order valence-corrected chi connectivity index (χ4v) is 58.8. The van der Waals surface area contributed by atoms with E-state index in [1.54, 1.807) is 237 Å². The molecule has 8 aromatic carbocycles. The molecule has 0 radical (unpaired) electrons. The molecule has 0 amide bonds. The maximum absolute atomic E-state index is 13.3. The molecule has 28 heteroatoms. The summed E-state index contributed by atoms with van der Waals surface area (Å²) >= 11 is 0. The van der Waals surface area contributed by atoms with E-state index in [0.29, 0.717) is 5.19 Å². The average molecular weight is 1200 g/mol. The van der Waals surface area contributed by atoms with Crippen LogP contribution in [0.15, 0.2) is 243 Å². The summed E-state index contributed by atoms with van der Waals surface area (Å²) in [7, 11) is -55.0. The Bertz CT molecular complexity index is 3370. The van der Waals surface area contributed by atoms with Crippen molar-refractivity contribution in [1.29, 1.82) is 0 Å². The summed E-state index contributed by atoms with van der Waals surface area (Å²) in [6, 6.07) is 68.9. The molecule has 0 saturated carbocycles. The maximum atomic E-state index is 13.3. The first-order valence-corrected chi connectivity index (χ1v) is 41.9. The van der Waals surface area contributed by atoms with Gasteiger partial charge in [-0.15, -0.1) is 0 Å². The fraction of sp³-hybridized carbons (Fsp3) is 0.0204. The van der Waals surface area contributed by atoms with Gasteiger partial charge in [0.2, 0.25) is 0 Å². The summed E-state index contributed by atoms with van der Waals surface area (Å²) in [6.07, 6.45) is -0.639. The number of hydrogen-bond acceptors (Lipinski definition) is 18. The summed E-state index contributed by atoms with van der Waals surface area (Å²) in [4.78, 5) is 53.1. The van der Waals surface area contributed by atoms with E-state index in [2.05, 4.69) is 0 Å². The number of rotatable bonds is 8.